The van der Waals surface area contributed by atoms with Crippen LogP contribution in [0.1, 0.15) is 5.56 Å². The van der Waals surface area contributed by atoms with Crippen molar-refractivity contribution < 1.29 is 14.3 Å². The van der Waals surface area contributed by atoms with Gasteiger partial charge in [-0.05, 0) is 24.6 Å². The number of urea groups is 2. The minimum Gasteiger partial charge on any atom is -0.494 e. The van der Waals surface area contributed by atoms with Crippen molar-refractivity contribution >= 4 is 23.4 Å². The second-order valence-electron chi connectivity index (χ2n) is 3.73. The maximum absolute atomic E-state index is 11.1. The van der Waals surface area contributed by atoms with Crippen LogP contribution in [0.2, 0.25) is 0 Å². The molecule has 4 amide bonds. The van der Waals surface area contributed by atoms with E-state index in [0.29, 0.717) is 21.3 Å². The highest BCUT2D eigenvalue weighted by Crippen LogP contribution is 2.34. The number of carbonyl (C=O) groups excluding carboxylic acids is 2. The molecule has 0 atom stereocenters. The topological polar surface area (TPSA) is 154 Å². The predicted octanol–water partition coefficient (Wildman–Crippen LogP) is -0.479. The number of rotatable bonds is 3. The van der Waals surface area contributed by atoms with Crippen molar-refractivity contribution in [3.05, 3.63) is 17.7 Å². The van der Waals surface area contributed by atoms with E-state index >= 15 is 0 Å². The highest BCUT2D eigenvalue weighted by atomic mass is 16.5. The molecule has 104 valence electrons. The van der Waals surface area contributed by atoms with E-state index in [-0.39, 0.29) is 11.4 Å². The minimum atomic E-state index is -0.891. The van der Waals surface area contributed by atoms with Crippen LogP contribution in [-0.4, -0.2) is 19.2 Å². The van der Waals surface area contributed by atoms with Gasteiger partial charge in [-0.1, -0.05) is 0 Å². The second-order valence-corrected chi connectivity index (χ2v) is 3.73. The van der Waals surface area contributed by atoms with Gasteiger partial charge in [0.05, 0.1) is 12.8 Å². The summed E-state index contributed by atoms with van der Waals surface area (Å²) < 4.78 is 5.14. The van der Waals surface area contributed by atoms with Gasteiger partial charge in [0.25, 0.3) is 0 Å². The smallest absolute Gasteiger partial charge is 0.333 e. The van der Waals surface area contributed by atoms with Crippen molar-refractivity contribution in [2.24, 2.45) is 23.2 Å². The van der Waals surface area contributed by atoms with Gasteiger partial charge in [-0.15, -0.1) is 0 Å². The number of nitrogens with zero attached hydrogens (tertiary/aromatic N) is 2. The first-order chi connectivity index (χ1) is 8.79. The van der Waals surface area contributed by atoms with E-state index in [0.717, 1.165) is 0 Å². The van der Waals surface area contributed by atoms with Gasteiger partial charge in [0.2, 0.25) is 0 Å². The number of ether oxygens (including phenoxy) is 1. The van der Waals surface area contributed by atoms with Gasteiger partial charge in [0, 0.05) is 0 Å². The molecule has 0 unspecified atom stereocenters. The highest BCUT2D eigenvalue weighted by molar-refractivity contribution is 5.95. The fraction of sp³-hybridized carbons (Fsp3) is 0.200. The van der Waals surface area contributed by atoms with E-state index in [1.54, 1.807) is 13.0 Å². The van der Waals surface area contributed by atoms with E-state index < -0.39 is 12.1 Å². The van der Waals surface area contributed by atoms with E-state index in [1.165, 1.54) is 13.2 Å². The summed E-state index contributed by atoms with van der Waals surface area (Å²) in [4.78, 5) is 22.2. The summed E-state index contributed by atoms with van der Waals surface area (Å²) >= 11 is 0. The Morgan fingerprint density at radius 2 is 1.63 bits per heavy atom. The maximum Gasteiger partial charge on any atom is 0.333 e. The standard InChI is InChI=1S/C10H16N6O3/c1-5-3-6(15(13)9(11)17)4-7(8(5)19-2)16(14)10(12)18/h3-4H,13-14H2,1-2H3,(H2,11,17)(H2,12,18). The number of carbonyl (C=O) groups is 2. The third-order valence-electron chi connectivity index (χ3n) is 2.46. The van der Waals surface area contributed by atoms with Gasteiger partial charge in [0.15, 0.2) is 0 Å². The fourth-order valence-electron chi connectivity index (χ4n) is 1.57. The summed E-state index contributed by atoms with van der Waals surface area (Å²) in [6.45, 7) is 1.69. The summed E-state index contributed by atoms with van der Waals surface area (Å²) in [5.74, 6) is 11.4. The van der Waals surface area contributed by atoms with Crippen LogP contribution >= 0.6 is 0 Å². The van der Waals surface area contributed by atoms with Gasteiger partial charge in [-0.2, -0.15) is 0 Å². The molecule has 0 aliphatic heterocycles. The van der Waals surface area contributed by atoms with E-state index in [4.69, 9.17) is 27.9 Å². The fourth-order valence-corrected chi connectivity index (χ4v) is 1.57. The van der Waals surface area contributed by atoms with Gasteiger partial charge in [0.1, 0.15) is 11.4 Å². The Labute approximate surface area is 109 Å². The second kappa shape index (κ2) is 5.42. The lowest BCUT2D eigenvalue weighted by Crippen LogP contribution is -2.43. The molecule has 0 heterocycles. The number of primary amides is 2. The van der Waals surface area contributed by atoms with Gasteiger partial charge in [-0.3, -0.25) is 0 Å². The van der Waals surface area contributed by atoms with Crippen molar-refractivity contribution in [2.45, 2.75) is 6.92 Å². The molecule has 9 heteroatoms. The molecule has 0 aliphatic rings. The zero-order chi connectivity index (χ0) is 14.7. The summed E-state index contributed by atoms with van der Waals surface area (Å²) in [7, 11) is 1.41. The molecule has 0 spiro atoms. The van der Waals surface area contributed by atoms with Gasteiger partial charge < -0.3 is 16.2 Å². The molecular weight excluding hydrogens is 252 g/mol. The summed E-state index contributed by atoms with van der Waals surface area (Å²) in [6, 6.07) is 1.17. The molecule has 0 fully saturated rings. The number of hydrazine groups is 2. The molecule has 1 aromatic carbocycles. The first-order valence-electron chi connectivity index (χ1n) is 5.16. The lowest BCUT2D eigenvalue weighted by atomic mass is 10.1. The lowest BCUT2D eigenvalue weighted by Gasteiger charge is -2.22. The third-order valence-corrected chi connectivity index (χ3v) is 2.46. The molecule has 0 saturated heterocycles. The van der Waals surface area contributed by atoms with Crippen LogP contribution in [0.15, 0.2) is 12.1 Å². The molecule has 1 aromatic rings. The van der Waals surface area contributed by atoms with Crippen LogP contribution in [-0.2, 0) is 0 Å². The van der Waals surface area contributed by atoms with Crippen molar-refractivity contribution in [3.8, 4) is 5.75 Å². The molecule has 19 heavy (non-hydrogen) atoms. The molecule has 0 aliphatic carbocycles. The van der Waals surface area contributed by atoms with Crippen LogP contribution in [0, 0.1) is 6.92 Å². The summed E-state index contributed by atoms with van der Waals surface area (Å²) in [5, 5.41) is 1.40. The Morgan fingerprint density at radius 3 is 2.05 bits per heavy atom. The number of benzene rings is 1. The molecule has 0 radical (unpaired) electrons. The van der Waals surface area contributed by atoms with Crippen LogP contribution in [0.4, 0.5) is 21.0 Å². The molecule has 8 N–H and O–H groups in total. The largest absolute Gasteiger partial charge is 0.494 e. The Hall–Kier alpha value is -2.52. The van der Waals surface area contributed by atoms with Crippen LogP contribution < -0.4 is 37.9 Å². The Bertz CT molecular complexity index is 518. The number of methoxy groups -OCH3 is 1. The number of amides is 4. The molecule has 0 bridgehead atoms. The number of anilines is 2. The molecule has 9 nitrogen and oxygen atoms in total. The summed E-state index contributed by atoms with van der Waals surface area (Å²) in [5.41, 5.74) is 11.2. The van der Waals surface area contributed by atoms with E-state index in [1.807, 2.05) is 0 Å². The van der Waals surface area contributed by atoms with E-state index in [2.05, 4.69) is 0 Å². The van der Waals surface area contributed by atoms with Crippen molar-refractivity contribution in [1.82, 2.24) is 0 Å². The lowest BCUT2D eigenvalue weighted by molar-refractivity contribution is 0.253. The average Bonchev–Trinajstić information content (AvgIpc) is 2.35. The SMILES string of the molecule is COc1c(C)cc(N(N)C(N)=O)cc1N(N)C(N)=O. The number of aryl methyl sites for hydroxylation is 1. The molecule has 0 saturated carbocycles. The Kier molecular flexibility index (Phi) is 4.14. The van der Waals surface area contributed by atoms with Crippen LogP contribution in [0.5, 0.6) is 5.75 Å². The predicted molar refractivity (Wildman–Crippen MR) is 70.2 cm³/mol. The third kappa shape index (κ3) is 2.84. The number of nitrogens with two attached hydrogens (primary N) is 4. The van der Waals surface area contributed by atoms with Gasteiger partial charge in [-0.25, -0.2) is 31.3 Å². The molecule has 1 rings (SSSR count). The molecule has 0 aromatic heterocycles. The van der Waals surface area contributed by atoms with Crippen molar-refractivity contribution in [3.63, 3.8) is 0 Å². The van der Waals surface area contributed by atoms with Crippen molar-refractivity contribution in [2.75, 3.05) is 17.1 Å². The zero-order valence-electron chi connectivity index (χ0n) is 10.6. The normalized spacial score (nSPS) is 9.89. The number of hydrogen-bond acceptors (Lipinski definition) is 5. The first kappa shape index (κ1) is 14.5. The van der Waals surface area contributed by atoms with Crippen LogP contribution in [0.25, 0.3) is 0 Å². The Balaban J connectivity index is 3.42. The quantitative estimate of drug-likeness (QED) is 0.331. The minimum absolute atomic E-state index is 0.168. The monoisotopic (exact) mass is 268 g/mol. The number of hydrogen-bond donors (Lipinski definition) is 4. The first-order valence-corrected chi connectivity index (χ1v) is 5.16. The van der Waals surface area contributed by atoms with Gasteiger partial charge >= 0.3 is 12.1 Å². The average molecular weight is 268 g/mol. The Morgan fingerprint density at radius 1 is 1.11 bits per heavy atom. The summed E-state index contributed by atoms with van der Waals surface area (Å²) in [6.07, 6.45) is 0. The van der Waals surface area contributed by atoms with Crippen LogP contribution in [0.3, 0.4) is 0 Å². The zero-order valence-corrected chi connectivity index (χ0v) is 10.6. The molecular formula is C10H16N6O3. The highest BCUT2D eigenvalue weighted by Gasteiger charge is 2.19. The van der Waals surface area contributed by atoms with E-state index in [9.17, 15) is 9.59 Å². The maximum atomic E-state index is 11.1. The van der Waals surface area contributed by atoms with Crippen molar-refractivity contribution in [1.29, 1.82) is 0 Å².